The zero-order valence-electron chi connectivity index (χ0n) is 12.5. The number of hydrogen-bond donors (Lipinski definition) is 0. The van der Waals surface area contributed by atoms with Gasteiger partial charge in [0, 0.05) is 11.8 Å². The highest BCUT2D eigenvalue weighted by Crippen LogP contribution is 2.37. The summed E-state index contributed by atoms with van der Waals surface area (Å²) in [6.07, 6.45) is 1.78. The molecule has 0 bridgehead atoms. The quantitative estimate of drug-likeness (QED) is 0.757. The van der Waals surface area contributed by atoms with Gasteiger partial charge in [0.25, 0.3) is 0 Å². The lowest BCUT2D eigenvalue weighted by Gasteiger charge is -2.14. The van der Waals surface area contributed by atoms with Gasteiger partial charge >= 0.3 is 0 Å². The van der Waals surface area contributed by atoms with Crippen molar-refractivity contribution in [2.75, 3.05) is 6.26 Å². The second-order valence-corrected chi connectivity index (χ2v) is 7.76. The molecule has 0 saturated heterocycles. The van der Waals surface area contributed by atoms with E-state index in [-0.39, 0.29) is 38.2 Å². The first-order valence-corrected chi connectivity index (χ1v) is 9.12. The van der Waals surface area contributed by atoms with E-state index < -0.39 is 15.7 Å². The van der Waals surface area contributed by atoms with Crippen molar-refractivity contribution in [3.8, 4) is 17.0 Å². The molecular weight excluding hydrogens is 366 g/mol. The number of benzene rings is 1. The van der Waals surface area contributed by atoms with Gasteiger partial charge in [0.1, 0.15) is 22.9 Å². The van der Waals surface area contributed by atoms with Crippen LogP contribution < -0.4 is 4.74 Å². The van der Waals surface area contributed by atoms with Gasteiger partial charge in [-0.25, -0.2) is 22.8 Å². The van der Waals surface area contributed by atoms with E-state index in [2.05, 4.69) is 9.97 Å². The average Bonchev–Trinajstić information content (AvgIpc) is 2.41. The highest BCUT2D eigenvalue weighted by Gasteiger charge is 2.22. The topological polar surface area (TPSA) is 69.2 Å². The summed E-state index contributed by atoms with van der Waals surface area (Å²) in [6.45, 7) is 3.58. The van der Waals surface area contributed by atoms with Crippen LogP contribution in [0.4, 0.5) is 4.39 Å². The molecule has 9 heteroatoms. The van der Waals surface area contributed by atoms with E-state index in [9.17, 15) is 12.8 Å². The van der Waals surface area contributed by atoms with E-state index in [0.29, 0.717) is 0 Å². The zero-order valence-corrected chi connectivity index (χ0v) is 14.8. The van der Waals surface area contributed by atoms with Crippen LogP contribution in [-0.2, 0) is 9.84 Å². The van der Waals surface area contributed by atoms with Gasteiger partial charge in [-0.2, -0.15) is 0 Å². The van der Waals surface area contributed by atoms with Gasteiger partial charge in [-0.05, 0) is 26.0 Å². The average molecular weight is 379 g/mol. The third kappa shape index (κ3) is 3.91. The van der Waals surface area contributed by atoms with Crippen molar-refractivity contribution in [1.29, 1.82) is 0 Å². The lowest BCUT2D eigenvalue weighted by Crippen LogP contribution is -2.07. The van der Waals surface area contributed by atoms with Crippen LogP contribution >= 0.6 is 23.2 Å². The van der Waals surface area contributed by atoms with Crippen LogP contribution in [0.5, 0.6) is 5.75 Å². The first kappa shape index (κ1) is 17.9. The second-order valence-electron chi connectivity index (χ2n) is 5.04. The number of nitrogens with zero attached hydrogens (tertiary/aromatic N) is 2. The van der Waals surface area contributed by atoms with Crippen molar-refractivity contribution in [3.05, 3.63) is 34.3 Å². The van der Waals surface area contributed by atoms with Crippen molar-refractivity contribution in [2.24, 2.45) is 0 Å². The number of halogens is 3. The number of ether oxygens (including phenoxy) is 1. The lowest BCUT2D eigenvalue weighted by molar-refractivity contribution is 0.242. The molecule has 124 valence electrons. The molecule has 2 rings (SSSR count). The Kier molecular flexibility index (Phi) is 5.13. The Morgan fingerprint density at radius 1 is 1.22 bits per heavy atom. The molecule has 0 spiro atoms. The molecule has 0 aliphatic carbocycles. The van der Waals surface area contributed by atoms with Gasteiger partial charge < -0.3 is 4.74 Å². The summed E-state index contributed by atoms with van der Waals surface area (Å²) in [6, 6.07) is 2.39. The molecule has 0 aliphatic heterocycles. The van der Waals surface area contributed by atoms with Crippen LogP contribution in [0.3, 0.4) is 0 Å². The lowest BCUT2D eigenvalue weighted by atomic mass is 10.1. The molecule has 0 N–H and O–H groups in total. The predicted molar refractivity (Wildman–Crippen MR) is 86.3 cm³/mol. The predicted octanol–water partition coefficient (Wildman–Crippen LogP) is 3.78. The fraction of sp³-hybridized carbons (Fsp3) is 0.286. The molecule has 1 heterocycles. The largest absolute Gasteiger partial charge is 0.489 e. The molecular formula is C14H13Cl2FN2O3S. The third-order valence-corrected chi connectivity index (χ3v) is 4.53. The molecule has 0 radical (unpaired) electrons. The summed E-state index contributed by atoms with van der Waals surface area (Å²) in [5, 5.41) is -0.537. The van der Waals surface area contributed by atoms with Crippen LogP contribution in [0.25, 0.3) is 11.3 Å². The minimum absolute atomic E-state index is 0.0256. The molecule has 1 aromatic heterocycles. The van der Waals surface area contributed by atoms with Crippen LogP contribution in [-0.4, -0.2) is 30.7 Å². The van der Waals surface area contributed by atoms with Gasteiger partial charge in [-0.15, -0.1) is 0 Å². The summed E-state index contributed by atoms with van der Waals surface area (Å²) in [5.41, 5.74) is -0.0767. The van der Waals surface area contributed by atoms with Gasteiger partial charge in [-0.3, -0.25) is 0 Å². The summed E-state index contributed by atoms with van der Waals surface area (Å²) in [4.78, 5) is 7.53. The van der Waals surface area contributed by atoms with E-state index in [0.717, 1.165) is 18.6 Å². The molecule has 0 aliphatic rings. The van der Waals surface area contributed by atoms with Gasteiger partial charge in [-0.1, -0.05) is 23.2 Å². The zero-order chi connectivity index (χ0) is 17.4. The number of aromatic nitrogens is 2. The third-order valence-electron chi connectivity index (χ3n) is 2.75. The van der Waals surface area contributed by atoms with E-state index >= 15 is 0 Å². The summed E-state index contributed by atoms with van der Waals surface area (Å²) in [5.74, 6) is -0.459. The minimum Gasteiger partial charge on any atom is -0.489 e. The number of sulfone groups is 1. The highest BCUT2D eigenvalue weighted by atomic mass is 35.5. The Bertz CT molecular complexity index is 857. The normalized spacial score (nSPS) is 11.8. The van der Waals surface area contributed by atoms with Crippen molar-refractivity contribution in [1.82, 2.24) is 9.97 Å². The number of hydrogen-bond acceptors (Lipinski definition) is 5. The molecule has 5 nitrogen and oxygen atoms in total. The molecule has 1 aromatic carbocycles. The van der Waals surface area contributed by atoms with E-state index in [1.807, 2.05) is 0 Å². The maximum Gasteiger partial charge on any atom is 0.194 e. The van der Waals surface area contributed by atoms with Gasteiger partial charge in [0.2, 0.25) is 0 Å². The van der Waals surface area contributed by atoms with Crippen LogP contribution in [0.2, 0.25) is 10.0 Å². The Morgan fingerprint density at radius 2 is 1.87 bits per heavy atom. The maximum absolute atomic E-state index is 14.3. The Hall–Kier alpha value is -1.44. The minimum atomic E-state index is -3.68. The van der Waals surface area contributed by atoms with E-state index in [1.54, 1.807) is 13.8 Å². The van der Waals surface area contributed by atoms with Crippen molar-refractivity contribution in [3.63, 3.8) is 0 Å². The van der Waals surface area contributed by atoms with Crippen molar-refractivity contribution in [2.45, 2.75) is 25.0 Å². The summed E-state index contributed by atoms with van der Waals surface area (Å²) >= 11 is 12.0. The summed E-state index contributed by atoms with van der Waals surface area (Å²) < 4.78 is 43.1. The second kappa shape index (κ2) is 6.59. The van der Waals surface area contributed by atoms with Crippen LogP contribution in [0.15, 0.2) is 23.5 Å². The van der Waals surface area contributed by atoms with Crippen molar-refractivity contribution < 1.29 is 17.5 Å². The molecule has 23 heavy (non-hydrogen) atoms. The molecule has 0 fully saturated rings. The van der Waals surface area contributed by atoms with Crippen molar-refractivity contribution >= 4 is 33.0 Å². The standard InChI is InChI=1S/C14H13Cl2FN2O3S/c1-7(2)22-11-4-8(10(17)5-9(11)15)13-12(16)14(19-6-18-13)23(3,20)21/h4-7H,1-3H3. The molecule has 0 saturated carbocycles. The molecule has 0 atom stereocenters. The maximum atomic E-state index is 14.3. The molecule has 2 aromatic rings. The smallest absolute Gasteiger partial charge is 0.194 e. The number of rotatable bonds is 4. The Balaban J connectivity index is 2.68. The van der Waals surface area contributed by atoms with E-state index in [1.165, 1.54) is 6.07 Å². The van der Waals surface area contributed by atoms with Crippen LogP contribution in [0.1, 0.15) is 13.8 Å². The van der Waals surface area contributed by atoms with Gasteiger partial charge in [0.15, 0.2) is 14.9 Å². The Morgan fingerprint density at radius 3 is 2.43 bits per heavy atom. The SMILES string of the molecule is CC(C)Oc1cc(-c2ncnc(S(C)(=O)=O)c2Cl)c(F)cc1Cl. The Labute approximate surface area is 143 Å². The fourth-order valence-electron chi connectivity index (χ4n) is 1.85. The highest BCUT2D eigenvalue weighted by molar-refractivity contribution is 7.90. The molecule has 0 amide bonds. The fourth-order valence-corrected chi connectivity index (χ4v) is 3.33. The molecule has 0 unspecified atom stereocenters. The first-order chi connectivity index (χ1) is 10.6. The van der Waals surface area contributed by atoms with E-state index in [4.69, 9.17) is 27.9 Å². The summed E-state index contributed by atoms with van der Waals surface area (Å²) in [7, 11) is -3.68. The first-order valence-electron chi connectivity index (χ1n) is 6.48. The monoisotopic (exact) mass is 378 g/mol. The van der Waals surface area contributed by atoms with Crippen LogP contribution in [0, 0.1) is 5.82 Å². The van der Waals surface area contributed by atoms with Gasteiger partial charge in [0.05, 0.1) is 16.8 Å².